The maximum absolute atomic E-state index is 6.14. The van der Waals surface area contributed by atoms with Crippen LogP contribution in [0.2, 0.25) is 5.02 Å². The maximum atomic E-state index is 6.14. The quantitative estimate of drug-likeness (QED) is 0.418. The molecule has 4 nitrogen and oxygen atoms in total. The van der Waals surface area contributed by atoms with E-state index in [0.29, 0.717) is 13.1 Å². The lowest BCUT2D eigenvalue weighted by atomic mass is 10.2. The Morgan fingerprint density at radius 3 is 2.52 bits per heavy atom. The van der Waals surface area contributed by atoms with Gasteiger partial charge in [0, 0.05) is 25.2 Å². The monoisotopic (exact) mass is 445 g/mol. The molecule has 2 rings (SSSR count). The summed E-state index contributed by atoms with van der Waals surface area (Å²) < 4.78 is 5.22. The van der Waals surface area contributed by atoms with E-state index in [1.807, 2.05) is 48.5 Å². The number of hydrogen-bond donors (Lipinski definition) is 2. The molecule has 0 saturated carbocycles. The van der Waals surface area contributed by atoms with Gasteiger partial charge in [0.2, 0.25) is 0 Å². The van der Waals surface area contributed by atoms with Crippen LogP contribution in [0.25, 0.3) is 0 Å². The molecule has 6 heteroatoms. The highest BCUT2D eigenvalue weighted by Crippen LogP contribution is 2.14. The highest BCUT2D eigenvalue weighted by molar-refractivity contribution is 14.0. The van der Waals surface area contributed by atoms with Crippen LogP contribution in [0.1, 0.15) is 11.1 Å². The molecule has 0 saturated heterocycles. The molecular weight excluding hydrogens is 425 g/mol. The van der Waals surface area contributed by atoms with Crippen molar-refractivity contribution in [3.8, 4) is 5.75 Å². The van der Waals surface area contributed by atoms with Crippen LogP contribution in [-0.2, 0) is 13.1 Å². The van der Waals surface area contributed by atoms with Gasteiger partial charge in [-0.3, -0.25) is 4.99 Å². The summed E-state index contributed by atoms with van der Waals surface area (Å²) in [7, 11) is 3.41. The van der Waals surface area contributed by atoms with Crippen molar-refractivity contribution in [1.29, 1.82) is 0 Å². The molecule has 0 spiro atoms. The summed E-state index contributed by atoms with van der Waals surface area (Å²) in [5.41, 5.74) is 2.16. The van der Waals surface area contributed by atoms with Gasteiger partial charge in [-0.05, 0) is 29.3 Å². The molecule has 0 fully saturated rings. The third kappa shape index (κ3) is 6.27. The van der Waals surface area contributed by atoms with Crippen LogP contribution in [0.15, 0.2) is 53.5 Å². The molecule has 0 bridgehead atoms. The van der Waals surface area contributed by atoms with E-state index in [1.165, 1.54) is 0 Å². The van der Waals surface area contributed by atoms with Crippen molar-refractivity contribution in [1.82, 2.24) is 10.6 Å². The van der Waals surface area contributed by atoms with Crippen molar-refractivity contribution >= 4 is 41.5 Å². The molecule has 23 heavy (non-hydrogen) atoms. The topological polar surface area (TPSA) is 45.7 Å². The fourth-order valence-electron chi connectivity index (χ4n) is 2.01. The van der Waals surface area contributed by atoms with Gasteiger partial charge in [0.15, 0.2) is 5.96 Å². The van der Waals surface area contributed by atoms with Crippen LogP contribution >= 0.6 is 35.6 Å². The number of nitrogens with zero attached hydrogens (tertiary/aromatic N) is 1. The van der Waals surface area contributed by atoms with Gasteiger partial charge in [0.1, 0.15) is 5.75 Å². The first kappa shape index (κ1) is 19.6. The molecule has 0 aliphatic rings. The van der Waals surface area contributed by atoms with Gasteiger partial charge in [0.25, 0.3) is 0 Å². The van der Waals surface area contributed by atoms with Crippen LogP contribution in [0.5, 0.6) is 5.75 Å². The minimum absolute atomic E-state index is 0. The van der Waals surface area contributed by atoms with Crippen LogP contribution < -0.4 is 15.4 Å². The number of guanidine groups is 1. The Morgan fingerprint density at radius 2 is 1.83 bits per heavy atom. The Balaban J connectivity index is 0.00000264. The van der Waals surface area contributed by atoms with E-state index >= 15 is 0 Å². The van der Waals surface area contributed by atoms with E-state index < -0.39 is 0 Å². The minimum Gasteiger partial charge on any atom is -0.497 e. The number of benzene rings is 2. The number of halogens is 2. The van der Waals surface area contributed by atoms with Crippen LogP contribution in [-0.4, -0.2) is 20.1 Å². The smallest absolute Gasteiger partial charge is 0.191 e. The lowest BCUT2D eigenvalue weighted by molar-refractivity contribution is 0.414. The zero-order chi connectivity index (χ0) is 15.8. The first-order valence-electron chi connectivity index (χ1n) is 7.04. The number of methoxy groups -OCH3 is 1. The maximum Gasteiger partial charge on any atom is 0.191 e. The molecule has 0 heterocycles. The van der Waals surface area contributed by atoms with Crippen LogP contribution in [0.4, 0.5) is 0 Å². The normalized spacial score (nSPS) is 10.7. The number of rotatable bonds is 5. The SMILES string of the molecule is CN=C(NCc1cccc(OC)c1)NCc1ccccc1Cl.I. The summed E-state index contributed by atoms with van der Waals surface area (Å²) in [5, 5.41) is 7.26. The Bertz CT molecular complexity index is 649. The van der Waals surface area contributed by atoms with Gasteiger partial charge in [-0.15, -0.1) is 24.0 Å². The third-order valence-electron chi connectivity index (χ3n) is 3.22. The van der Waals surface area contributed by atoms with E-state index in [1.54, 1.807) is 14.2 Å². The van der Waals surface area contributed by atoms with Crippen molar-refractivity contribution in [2.45, 2.75) is 13.1 Å². The zero-order valence-electron chi connectivity index (χ0n) is 13.2. The number of aliphatic imine (C=N–C) groups is 1. The van der Waals surface area contributed by atoms with E-state index in [-0.39, 0.29) is 24.0 Å². The molecule has 2 N–H and O–H groups in total. The van der Waals surface area contributed by atoms with E-state index in [4.69, 9.17) is 16.3 Å². The Labute approximate surface area is 159 Å². The number of hydrogen-bond acceptors (Lipinski definition) is 2. The molecule has 0 aliphatic heterocycles. The van der Waals surface area contributed by atoms with Crippen molar-refractivity contribution in [3.05, 3.63) is 64.7 Å². The predicted octanol–water partition coefficient (Wildman–Crippen LogP) is 3.83. The van der Waals surface area contributed by atoms with Gasteiger partial charge < -0.3 is 15.4 Å². The second-order valence-corrected chi connectivity index (χ2v) is 5.13. The summed E-state index contributed by atoms with van der Waals surface area (Å²) in [6, 6.07) is 15.7. The highest BCUT2D eigenvalue weighted by atomic mass is 127. The van der Waals surface area contributed by atoms with Gasteiger partial charge >= 0.3 is 0 Å². The zero-order valence-corrected chi connectivity index (χ0v) is 16.3. The summed E-state index contributed by atoms with van der Waals surface area (Å²) in [6.07, 6.45) is 0. The fraction of sp³-hybridized carbons (Fsp3) is 0.235. The average molecular weight is 446 g/mol. The molecule has 2 aromatic carbocycles. The standard InChI is InChI=1S/C17H20ClN3O.HI/c1-19-17(21-12-14-7-3-4-9-16(14)18)20-11-13-6-5-8-15(10-13)22-2;/h3-10H,11-12H2,1-2H3,(H2,19,20,21);1H. The van der Waals surface area contributed by atoms with Gasteiger partial charge in [-0.1, -0.05) is 41.9 Å². The average Bonchev–Trinajstić information content (AvgIpc) is 2.56. The van der Waals surface area contributed by atoms with Crippen molar-refractivity contribution in [3.63, 3.8) is 0 Å². The van der Waals surface area contributed by atoms with Crippen LogP contribution in [0.3, 0.4) is 0 Å². The highest BCUT2D eigenvalue weighted by Gasteiger charge is 2.02. The summed E-state index contributed by atoms with van der Waals surface area (Å²) in [4.78, 5) is 4.21. The summed E-state index contributed by atoms with van der Waals surface area (Å²) in [5.74, 6) is 1.57. The van der Waals surface area contributed by atoms with E-state index in [0.717, 1.165) is 27.9 Å². The Kier molecular flexibility index (Phi) is 8.79. The molecule has 0 amide bonds. The number of nitrogens with one attached hydrogen (secondary N) is 2. The summed E-state index contributed by atoms with van der Waals surface area (Å²) >= 11 is 6.14. The Hall–Kier alpha value is -1.47. The second kappa shape index (κ2) is 10.3. The van der Waals surface area contributed by atoms with Crippen LogP contribution in [0, 0.1) is 0 Å². The Morgan fingerprint density at radius 1 is 1.09 bits per heavy atom. The van der Waals surface area contributed by atoms with Crippen molar-refractivity contribution < 1.29 is 4.74 Å². The lowest BCUT2D eigenvalue weighted by Crippen LogP contribution is -2.36. The van der Waals surface area contributed by atoms with Gasteiger partial charge in [-0.25, -0.2) is 0 Å². The van der Waals surface area contributed by atoms with Gasteiger partial charge in [0.05, 0.1) is 7.11 Å². The fourth-order valence-corrected chi connectivity index (χ4v) is 2.21. The molecule has 0 unspecified atom stereocenters. The molecular formula is C17H21ClIN3O. The first-order valence-corrected chi connectivity index (χ1v) is 7.41. The molecule has 0 radical (unpaired) electrons. The van der Waals surface area contributed by atoms with Gasteiger partial charge in [-0.2, -0.15) is 0 Å². The van der Waals surface area contributed by atoms with Crippen molar-refractivity contribution in [2.75, 3.05) is 14.2 Å². The van der Waals surface area contributed by atoms with Crippen molar-refractivity contribution in [2.24, 2.45) is 4.99 Å². The second-order valence-electron chi connectivity index (χ2n) is 4.72. The van der Waals surface area contributed by atoms with E-state index in [9.17, 15) is 0 Å². The molecule has 0 aliphatic carbocycles. The molecule has 0 atom stereocenters. The third-order valence-corrected chi connectivity index (χ3v) is 3.59. The van der Waals surface area contributed by atoms with E-state index in [2.05, 4.69) is 15.6 Å². The largest absolute Gasteiger partial charge is 0.497 e. The minimum atomic E-state index is 0. The molecule has 0 aromatic heterocycles. The predicted molar refractivity (Wildman–Crippen MR) is 107 cm³/mol. The molecule has 2 aromatic rings. The summed E-state index contributed by atoms with van der Waals surface area (Å²) in [6.45, 7) is 1.29. The lowest BCUT2D eigenvalue weighted by Gasteiger charge is -2.13. The molecule has 124 valence electrons. The first-order chi connectivity index (χ1) is 10.7. The number of ether oxygens (including phenoxy) is 1.